The quantitative estimate of drug-likeness (QED) is 0.541. The Labute approximate surface area is 188 Å². The van der Waals surface area contributed by atoms with Gasteiger partial charge in [0.25, 0.3) is 11.8 Å². The van der Waals surface area contributed by atoms with E-state index in [1.54, 1.807) is 24.3 Å². The van der Waals surface area contributed by atoms with E-state index in [1.807, 2.05) is 30.3 Å². The number of hydrogen-bond donors (Lipinski definition) is 1. The number of amides is 3. The van der Waals surface area contributed by atoms with E-state index in [2.05, 4.69) is 5.32 Å². The second-order valence-electron chi connectivity index (χ2n) is 7.16. The standard InChI is InChI=1S/C25H19FN2O3S/c1-16(29)27-20-11-7-18(8-12-20)22-23(32-15-17-5-3-2-4-6-17)25(31)28(24(22)30)21-13-9-19(26)10-14-21/h2-14H,15H2,1H3,(H,27,29). The zero-order valence-corrected chi connectivity index (χ0v) is 18.0. The number of carbonyl (C=O) groups is 3. The topological polar surface area (TPSA) is 66.5 Å². The number of anilines is 2. The van der Waals surface area contributed by atoms with Gasteiger partial charge in [0.2, 0.25) is 5.91 Å². The number of rotatable bonds is 6. The summed E-state index contributed by atoms with van der Waals surface area (Å²) < 4.78 is 13.4. The van der Waals surface area contributed by atoms with Gasteiger partial charge in [0.1, 0.15) is 5.82 Å². The molecule has 0 bridgehead atoms. The highest BCUT2D eigenvalue weighted by atomic mass is 32.2. The number of nitrogens with zero attached hydrogens (tertiary/aromatic N) is 1. The van der Waals surface area contributed by atoms with Crippen LogP contribution in [0.5, 0.6) is 0 Å². The molecule has 3 aromatic rings. The molecule has 0 aromatic heterocycles. The number of halogens is 1. The summed E-state index contributed by atoms with van der Waals surface area (Å²) in [5.74, 6) is -1.05. The number of thioether (sulfide) groups is 1. The van der Waals surface area contributed by atoms with Gasteiger partial charge in [0.15, 0.2) is 0 Å². The molecule has 0 spiro atoms. The van der Waals surface area contributed by atoms with Crippen molar-refractivity contribution in [2.75, 3.05) is 10.2 Å². The van der Waals surface area contributed by atoms with E-state index in [0.717, 1.165) is 10.5 Å². The van der Waals surface area contributed by atoms with E-state index in [0.29, 0.717) is 27.6 Å². The third-order valence-electron chi connectivity index (χ3n) is 4.85. The van der Waals surface area contributed by atoms with Crippen LogP contribution in [0.15, 0.2) is 83.8 Å². The van der Waals surface area contributed by atoms with Crippen LogP contribution in [0.1, 0.15) is 18.1 Å². The lowest BCUT2D eigenvalue weighted by atomic mass is 10.1. The Hall–Kier alpha value is -3.71. The van der Waals surface area contributed by atoms with Gasteiger partial charge in [0, 0.05) is 18.4 Å². The van der Waals surface area contributed by atoms with E-state index in [-0.39, 0.29) is 11.5 Å². The van der Waals surface area contributed by atoms with Gasteiger partial charge in [-0.2, -0.15) is 0 Å². The SMILES string of the molecule is CC(=O)Nc1ccc(C2=C(SCc3ccccc3)C(=O)N(c3ccc(F)cc3)C2=O)cc1. The molecule has 0 aliphatic carbocycles. The Bertz CT molecular complexity index is 1210. The van der Waals surface area contributed by atoms with Crippen LogP contribution in [0.2, 0.25) is 0 Å². The van der Waals surface area contributed by atoms with Crippen LogP contribution in [0.3, 0.4) is 0 Å². The number of nitrogens with one attached hydrogen (secondary N) is 1. The Kier molecular flexibility index (Phi) is 6.18. The normalized spacial score (nSPS) is 13.6. The van der Waals surface area contributed by atoms with Gasteiger partial charge in [0.05, 0.1) is 16.2 Å². The third-order valence-corrected chi connectivity index (χ3v) is 5.99. The second-order valence-corrected chi connectivity index (χ2v) is 8.14. The fourth-order valence-electron chi connectivity index (χ4n) is 3.38. The average Bonchev–Trinajstić information content (AvgIpc) is 3.03. The van der Waals surface area contributed by atoms with Crippen LogP contribution in [-0.2, 0) is 20.1 Å². The first kappa shape index (κ1) is 21.5. The number of carbonyl (C=O) groups excluding carboxylic acids is 3. The molecule has 160 valence electrons. The molecular weight excluding hydrogens is 427 g/mol. The summed E-state index contributed by atoms with van der Waals surface area (Å²) in [5.41, 5.74) is 2.77. The van der Waals surface area contributed by atoms with Gasteiger partial charge in [-0.3, -0.25) is 14.4 Å². The lowest BCUT2D eigenvalue weighted by Gasteiger charge is -2.15. The molecule has 7 heteroatoms. The molecule has 1 N–H and O–H groups in total. The highest BCUT2D eigenvalue weighted by Gasteiger charge is 2.40. The maximum absolute atomic E-state index is 13.4. The lowest BCUT2D eigenvalue weighted by molar-refractivity contribution is -0.120. The molecule has 0 atom stereocenters. The van der Waals surface area contributed by atoms with Gasteiger partial charge in [-0.1, -0.05) is 42.5 Å². The van der Waals surface area contributed by atoms with Crippen molar-refractivity contribution in [3.05, 3.63) is 101 Å². The molecule has 0 fully saturated rings. The molecule has 1 aliphatic heterocycles. The Balaban J connectivity index is 1.71. The minimum absolute atomic E-state index is 0.203. The van der Waals surface area contributed by atoms with Crippen molar-refractivity contribution in [1.82, 2.24) is 0 Å². The van der Waals surface area contributed by atoms with E-state index in [9.17, 15) is 18.8 Å². The minimum atomic E-state index is -0.468. The molecule has 32 heavy (non-hydrogen) atoms. The largest absolute Gasteiger partial charge is 0.326 e. The molecule has 3 amide bonds. The van der Waals surface area contributed by atoms with E-state index in [1.165, 1.54) is 43.0 Å². The summed E-state index contributed by atoms with van der Waals surface area (Å²) in [4.78, 5) is 39.3. The van der Waals surface area contributed by atoms with Crippen molar-refractivity contribution < 1.29 is 18.8 Å². The predicted octanol–water partition coefficient (Wildman–Crippen LogP) is 5.00. The van der Waals surface area contributed by atoms with Gasteiger partial charge in [-0.25, -0.2) is 9.29 Å². The second kappa shape index (κ2) is 9.20. The smallest absolute Gasteiger partial charge is 0.272 e. The summed E-state index contributed by atoms with van der Waals surface area (Å²) in [6.07, 6.45) is 0. The molecule has 4 rings (SSSR count). The minimum Gasteiger partial charge on any atom is -0.326 e. The maximum atomic E-state index is 13.4. The highest BCUT2D eigenvalue weighted by Crippen LogP contribution is 2.39. The van der Waals surface area contributed by atoms with Crippen LogP contribution in [0.4, 0.5) is 15.8 Å². The fraction of sp³-hybridized carbons (Fsp3) is 0.0800. The highest BCUT2D eigenvalue weighted by molar-refractivity contribution is 8.03. The van der Waals surface area contributed by atoms with Crippen molar-refractivity contribution in [3.63, 3.8) is 0 Å². The zero-order valence-electron chi connectivity index (χ0n) is 17.2. The third kappa shape index (κ3) is 4.48. The molecule has 1 heterocycles. The van der Waals surface area contributed by atoms with Gasteiger partial charge in [-0.15, -0.1) is 11.8 Å². The first-order valence-electron chi connectivity index (χ1n) is 9.87. The van der Waals surface area contributed by atoms with Crippen molar-refractivity contribution in [3.8, 4) is 0 Å². The van der Waals surface area contributed by atoms with Crippen LogP contribution in [0, 0.1) is 5.82 Å². The van der Waals surface area contributed by atoms with E-state index >= 15 is 0 Å². The summed E-state index contributed by atoms with van der Waals surface area (Å²) >= 11 is 1.29. The summed E-state index contributed by atoms with van der Waals surface area (Å²) in [5, 5.41) is 2.68. The van der Waals surface area contributed by atoms with E-state index in [4.69, 9.17) is 0 Å². The van der Waals surface area contributed by atoms with Crippen molar-refractivity contribution in [1.29, 1.82) is 0 Å². The van der Waals surface area contributed by atoms with Gasteiger partial charge < -0.3 is 5.32 Å². The van der Waals surface area contributed by atoms with Crippen LogP contribution < -0.4 is 10.2 Å². The van der Waals surface area contributed by atoms with Crippen LogP contribution in [-0.4, -0.2) is 17.7 Å². The first-order valence-corrected chi connectivity index (χ1v) is 10.9. The molecule has 5 nitrogen and oxygen atoms in total. The Morgan fingerprint density at radius 1 is 0.906 bits per heavy atom. The van der Waals surface area contributed by atoms with Crippen LogP contribution >= 0.6 is 11.8 Å². The number of hydrogen-bond acceptors (Lipinski definition) is 4. The lowest BCUT2D eigenvalue weighted by Crippen LogP contribution is -2.31. The molecule has 0 saturated heterocycles. The summed E-state index contributed by atoms with van der Waals surface area (Å²) in [7, 11) is 0. The maximum Gasteiger partial charge on any atom is 0.272 e. The van der Waals surface area contributed by atoms with Crippen molar-refractivity contribution in [2.24, 2.45) is 0 Å². The van der Waals surface area contributed by atoms with Gasteiger partial charge in [-0.05, 0) is 47.5 Å². The summed E-state index contributed by atoms with van der Waals surface area (Å²) in [6, 6.07) is 21.7. The van der Waals surface area contributed by atoms with E-state index < -0.39 is 17.6 Å². The van der Waals surface area contributed by atoms with Crippen molar-refractivity contribution >= 4 is 46.4 Å². The monoisotopic (exact) mass is 446 g/mol. The fourth-order valence-corrected chi connectivity index (χ4v) is 4.44. The van der Waals surface area contributed by atoms with Gasteiger partial charge >= 0.3 is 0 Å². The number of benzene rings is 3. The molecule has 0 saturated carbocycles. The number of imide groups is 1. The first-order chi connectivity index (χ1) is 15.4. The molecule has 3 aromatic carbocycles. The zero-order chi connectivity index (χ0) is 22.7. The Morgan fingerprint density at radius 3 is 2.19 bits per heavy atom. The Morgan fingerprint density at radius 2 is 1.56 bits per heavy atom. The molecular formula is C25H19FN2O3S. The predicted molar refractivity (Wildman–Crippen MR) is 124 cm³/mol. The summed E-state index contributed by atoms with van der Waals surface area (Å²) in [6.45, 7) is 1.41. The molecule has 0 unspecified atom stereocenters. The van der Waals surface area contributed by atoms with Crippen LogP contribution in [0.25, 0.3) is 5.57 Å². The van der Waals surface area contributed by atoms with Crippen molar-refractivity contribution in [2.45, 2.75) is 12.7 Å². The molecule has 0 radical (unpaired) electrons. The average molecular weight is 447 g/mol. The molecule has 1 aliphatic rings.